The third kappa shape index (κ3) is 2.62. The second kappa shape index (κ2) is 6.73. The Hall–Kier alpha value is -3.61. The van der Waals surface area contributed by atoms with Gasteiger partial charge in [0, 0.05) is 17.6 Å². The second-order valence-corrected chi connectivity index (χ2v) is 7.66. The number of hydrogen-bond acceptors (Lipinski definition) is 5. The largest absolute Gasteiger partial charge is 0.475 e. The van der Waals surface area contributed by atoms with Crippen molar-refractivity contribution >= 4 is 28.5 Å². The molecule has 0 unspecified atom stereocenters. The summed E-state index contributed by atoms with van der Waals surface area (Å²) in [5.74, 6) is -0.636. The first-order chi connectivity index (χ1) is 14.5. The molecule has 2 aliphatic heterocycles. The summed E-state index contributed by atoms with van der Waals surface area (Å²) in [5, 5.41) is 0.536. The molecule has 3 heterocycles. The lowest BCUT2D eigenvalue weighted by molar-refractivity contribution is -0.148. The minimum Gasteiger partial charge on any atom is -0.475 e. The molecule has 2 aromatic carbocycles. The van der Waals surface area contributed by atoms with Gasteiger partial charge in [0.15, 0.2) is 0 Å². The van der Waals surface area contributed by atoms with Crippen molar-refractivity contribution in [2.75, 3.05) is 18.6 Å². The van der Waals surface area contributed by atoms with E-state index in [2.05, 4.69) is 6.92 Å². The fourth-order valence-electron chi connectivity index (χ4n) is 4.39. The summed E-state index contributed by atoms with van der Waals surface area (Å²) >= 11 is 0. The smallest absolute Gasteiger partial charge is 0.348 e. The highest BCUT2D eigenvalue weighted by molar-refractivity contribution is 6.09. The van der Waals surface area contributed by atoms with Crippen LogP contribution in [0.4, 0.5) is 5.69 Å². The van der Waals surface area contributed by atoms with Crippen LogP contribution in [-0.2, 0) is 16.0 Å². The highest BCUT2D eigenvalue weighted by Crippen LogP contribution is 2.35. The summed E-state index contributed by atoms with van der Waals surface area (Å²) in [7, 11) is 1.27. The molecule has 0 fully saturated rings. The van der Waals surface area contributed by atoms with Crippen LogP contribution in [0, 0.1) is 0 Å². The normalized spacial score (nSPS) is 19.3. The van der Waals surface area contributed by atoms with Gasteiger partial charge in [0.05, 0.1) is 24.9 Å². The molecule has 1 amide bonds. The summed E-state index contributed by atoms with van der Waals surface area (Å²) in [6.07, 6.45) is 1.51. The molecule has 0 bridgehead atoms. The van der Waals surface area contributed by atoms with Gasteiger partial charge in [-0.15, -0.1) is 0 Å². The predicted molar refractivity (Wildman–Crippen MR) is 111 cm³/mol. The third-order valence-corrected chi connectivity index (χ3v) is 5.84. The summed E-state index contributed by atoms with van der Waals surface area (Å²) in [4.78, 5) is 40.4. The van der Waals surface area contributed by atoms with Crippen LogP contribution in [-0.4, -0.2) is 36.2 Å². The van der Waals surface area contributed by atoms with Gasteiger partial charge >= 0.3 is 5.97 Å². The molecular weight excluding hydrogens is 384 g/mol. The van der Waals surface area contributed by atoms with Crippen molar-refractivity contribution in [1.29, 1.82) is 0 Å². The molecule has 2 aliphatic rings. The van der Waals surface area contributed by atoms with Gasteiger partial charge in [0.25, 0.3) is 5.91 Å². The van der Waals surface area contributed by atoms with E-state index in [0.717, 1.165) is 17.5 Å². The molecule has 0 saturated heterocycles. The van der Waals surface area contributed by atoms with Crippen LogP contribution in [0.2, 0.25) is 0 Å². The van der Waals surface area contributed by atoms with Crippen molar-refractivity contribution in [1.82, 2.24) is 4.57 Å². The Kier molecular flexibility index (Phi) is 4.13. The highest BCUT2D eigenvalue weighted by Gasteiger charge is 2.36. The fourth-order valence-corrected chi connectivity index (χ4v) is 4.39. The molecule has 7 nitrogen and oxygen atoms in total. The third-order valence-electron chi connectivity index (χ3n) is 5.84. The number of esters is 1. The minimum atomic E-state index is -0.960. The van der Waals surface area contributed by atoms with Gasteiger partial charge in [-0.2, -0.15) is 0 Å². The lowest BCUT2D eigenvalue weighted by Gasteiger charge is -2.33. The summed E-state index contributed by atoms with van der Waals surface area (Å²) in [6, 6.07) is 12.7. The van der Waals surface area contributed by atoms with Crippen molar-refractivity contribution in [3.63, 3.8) is 0 Å². The Balaban J connectivity index is 1.65. The quantitative estimate of drug-likeness (QED) is 0.614. The molecule has 0 aliphatic carbocycles. The van der Waals surface area contributed by atoms with Crippen LogP contribution in [0.1, 0.15) is 28.9 Å². The van der Waals surface area contributed by atoms with Crippen LogP contribution < -0.4 is 15.1 Å². The van der Waals surface area contributed by atoms with Crippen LogP contribution in [0.3, 0.4) is 0 Å². The number of fused-ring (bicyclic) bond motifs is 1. The summed E-state index contributed by atoms with van der Waals surface area (Å²) in [5.41, 5.74) is 2.29. The lowest BCUT2D eigenvalue weighted by atomic mass is 10.1. The Labute approximate surface area is 172 Å². The van der Waals surface area contributed by atoms with E-state index in [0.29, 0.717) is 16.8 Å². The average Bonchev–Trinajstić information content (AvgIpc) is 3.10. The first-order valence-electron chi connectivity index (χ1n) is 9.81. The van der Waals surface area contributed by atoms with Gasteiger partial charge in [0.2, 0.25) is 11.5 Å². The van der Waals surface area contributed by atoms with Crippen LogP contribution >= 0.6 is 0 Å². The van der Waals surface area contributed by atoms with E-state index >= 15 is 0 Å². The number of carbonyl (C=O) groups is 2. The number of aromatic nitrogens is 1. The van der Waals surface area contributed by atoms with Gasteiger partial charge in [-0.1, -0.05) is 24.3 Å². The topological polar surface area (TPSA) is 77.8 Å². The zero-order valence-corrected chi connectivity index (χ0v) is 16.6. The average molecular weight is 404 g/mol. The van der Waals surface area contributed by atoms with E-state index in [1.54, 1.807) is 36.5 Å². The van der Waals surface area contributed by atoms with Crippen LogP contribution in [0.5, 0.6) is 5.75 Å². The van der Waals surface area contributed by atoms with E-state index in [1.165, 1.54) is 12.0 Å². The van der Waals surface area contributed by atoms with Gasteiger partial charge in [-0.25, -0.2) is 4.79 Å². The van der Waals surface area contributed by atoms with E-state index in [4.69, 9.17) is 9.47 Å². The number of methoxy groups -OCH3 is 1. The van der Waals surface area contributed by atoms with Gasteiger partial charge in [-0.05, 0) is 37.1 Å². The Morgan fingerprint density at radius 1 is 1.13 bits per heavy atom. The number of anilines is 1. The summed E-state index contributed by atoms with van der Waals surface area (Å²) < 4.78 is 12.5. The second-order valence-electron chi connectivity index (χ2n) is 7.66. The molecule has 30 heavy (non-hydrogen) atoms. The Morgan fingerprint density at radius 2 is 1.93 bits per heavy atom. The number of rotatable bonds is 2. The van der Waals surface area contributed by atoms with Gasteiger partial charge in [0.1, 0.15) is 11.3 Å². The molecule has 1 aromatic heterocycles. The van der Waals surface area contributed by atoms with Crippen molar-refractivity contribution < 1.29 is 19.1 Å². The molecule has 0 radical (unpaired) electrons. The lowest BCUT2D eigenvalue weighted by Crippen LogP contribution is -2.48. The number of pyridine rings is 1. The summed E-state index contributed by atoms with van der Waals surface area (Å²) in [6.45, 7) is 2.03. The number of carbonyl (C=O) groups excluding carboxylic acids is 2. The molecule has 3 aromatic rings. The highest BCUT2D eigenvalue weighted by atomic mass is 16.6. The van der Waals surface area contributed by atoms with Gasteiger partial charge < -0.3 is 18.9 Å². The molecule has 0 N–H and O–H groups in total. The van der Waals surface area contributed by atoms with E-state index in [1.807, 2.05) is 16.7 Å². The molecule has 5 rings (SSSR count). The minimum absolute atomic E-state index is 0.0322. The van der Waals surface area contributed by atoms with Crippen molar-refractivity contribution in [3.8, 4) is 5.75 Å². The first-order valence-corrected chi connectivity index (χ1v) is 9.81. The standard InChI is InChI=1S/C23H20N2O5/c1-13-10-14-6-5-7-15-20(14)24(13)11-16(21(15)26)22(27)25-12-19(23(28)29-2)30-18-9-4-3-8-17(18)25/h3-9,11,13,19H,10,12H2,1-2H3/t13-,19+/m0/s1. The van der Waals surface area contributed by atoms with Crippen molar-refractivity contribution in [2.24, 2.45) is 0 Å². The van der Waals surface area contributed by atoms with E-state index < -0.39 is 18.0 Å². The molecule has 0 spiro atoms. The monoisotopic (exact) mass is 404 g/mol. The molecule has 2 atom stereocenters. The molecule has 7 heteroatoms. The fraction of sp³-hybridized carbons (Fsp3) is 0.261. The number of ether oxygens (including phenoxy) is 2. The van der Waals surface area contributed by atoms with E-state index in [9.17, 15) is 14.4 Å². The Morgan fingerprint density at radius 3 is 2.73 bits per heavy atom. The van der Waals surface area contributed by atoms with E-state index in [-0.39, 0.29) is 23.6 Å². The SMILES string of the molecule is COC(=O)[C@H]1CN(C(=O)c2cn3c4c(cccc4c2=O)C[C@@H]3C)c2ccccc2O1. The maximum absolute atomic E-state index is 13.6. The number of hydrogen-bond donors (Lipinski definition) is 0. The maximum atomic E-state index is 13.6. The van der Waals surface area contributed by atoms with Crippen LogP contribution in [0.15, 0.2) is 53.5 Å². The number of nitrogens with zero attached hydrogens (tertiary/aromatic N) is 2. The number of para-hydroxylation sites is 3. The molecule has 152 valence electrons. The van der Waals surface area contributed by atoms with Crippen molar-refractivity contribution in [2.45, 2.75) is 25.5 Å². The number of amides is 1. The number of benzene rings is 2. The van der Waals surface area contributed by atoms with Gasteiger partial charge in [-0.3, -0.25) is 9.59 Å². The Bertz CT molecular complexity index is 1260. The first kappa shape index (κ1) is 18.4. The molecule has 0 saturated carbocycles. The predicted octanol–water partition coefficient (Wildman–Crippen LogP) is 2.70. The molecular formula is C23H20N2O5. The zero-order chi connectivity index (χ0) is 21.0. The van der Waals surface area contributed by atoms with Crippen molar-refractivity contribution in [3.05, 3.63) is 70.0 Å². The van der Waals surface area contributed by atoms with Crippen LogP contribution in [0.25, 0.3) is 10.9 Å². The maximum Gasteiger partial charge on any atom is 0.348 e. The zero-order valence-electron chi connectivity index (χ0n) is 16.6.